The highest BCUT2D eigenvalue weighted by atomic mass is 19.1. The molecule has 0 spiro atoms. The molecule has 0 saturated heterocycles. The van der Waals surface area contributed by atoms with Crippen molar-refractivity contribution in [2.45, 2.75) is 0 Å². The fourth-order valence-corrected chi connectivity index (χ4v) is 1.53. The van der Waals surface area contributed by atoms with E-state index in [4.69, 9.17) is 4.74 Å². The summed E-state index contributed by atoms with van der Waals surface area (Å²) < 4.78 is 18.2. The average Bonchev–Trinajstić information content (AvgIpc) is 2.41. The molecule has 5 heteroatoms. The predicted molar refractivity (Wildman–Crippen MR) is 70.0 cm³/mol. The SMILES string of the molecule is CNc1cccc(Nc2ccc(F)c(OC)c2)n1. The molecule has 2 aromatic rings. The number of pyridine rings is 1. The summed E-state index contributed by atoms with van der Waals surface area (Å²) in [6, 6.07) is 10.1. The van der Waals surface area contributed by atoms with Gasteiger partial charge >= 0.3 is 0 Å². The van der Waals surface area contributed by atoms with Crippen LogP contribution in [0.15, 0.2) is 36.4 Å². The zero-order chi connectivity index (χ0) is 13.0. The molecule has 1 aromatic heterocycles. The molecule has 0 aliphatic heterocycles. The van der Waals surface area contributed by atoms with Gasteiger partial charge in [0, 0.05) is 18.8 Å². The molecule has 1 heterocycles. The van der Waals surface area contributed by atoms with E-state index >= 15 is 0 Å². The number of rotatable bonds is 4. The van der Waals surface area contributed by atoms with Crippen LogP contribution in [0.3, 0.4) is 0 Å². The van der Waals surface area contributed by atoms with Gasteiger partial charge in [-0.15, -0.1) is 0 Å². The minimum atomic E-state index is -0.389. The fourth-order valence-electron chi connectivity index (χ4n) is 1.53. The summed E-state index contributed by atoms with van der Waals surface area (Å²) in [4.78, 5) is 4.31. The molecule has 2 rings (SSSR count). The van der Waals surface area contributed by atoms with Crippen molar-refractivity contribution in [1.29, 1.82) is 0 Å². The van der Waals surface area contributed by atoms with Gasteiger partial charge in [0.2, 0.25) is 0 Å². The molecule has 0 fully saturated rings. The monoisotopic (exact) mass is 247 g/mol. The summed E-state index contributed by atoms with van der Waals surface area (Å²) in [5.41, 5.74) is 0.717. The third-order valence-corrected chi connectivity index (χ3v) is 2.43. The maximum Gasteiger partial charge on any atom is 0.165 e. The molecule has 4 nitrogen and oxygen atoms in total. The standard InChI is InChI=1S/C13H14FN3O/c1-15-12-4-3-5-13(17-12)16-9-6-7-10(14)11(8-9)18-2/h3-8H,1-2H3,(H2,15,16,17). The normalized spacial score (nSPS) is 9.94. The Morgan fingerprint density at radius 2 is 1.94 bits per heavy atom. The van der Waals surface area contributed by atoms with E-state index in [-0.39, 0.29) is 11.6 Å². The lowest BCUT2D eigenvalue weighted by Crippen LogP contribution is -1.98. The topological polar surface area (TPSA) is 46.2 Å². The van der Waals surface area contributed by atoms with Crippen LogP contribution in [0.1, 0.15) is 0 Å². The first-order valence-corrected chi connectivity index (χ1v) is 5.48. The summed E-state index contributed by atoms with van der Waals surface area (Å²) in [5, 5.41) is 6.03. The lowest BCUT2D eigenvalue weighted by molar-refractivity contribution is 0.387. The van der Waals surface area contributed by atoms with Crippen LogP contribution >= 0.6 is 0 Å². The van der Waals surface area contributed by atoms with Crippen molar-refractivity contribution < 1.29 is 9.13 Å². The van der Waals surface area contributed by atoms with Gasteiger partial charge in [-0.2, -0.15) is 0 Å². The Bertz CT molecular complexity index is 546. The largest absolute Gasteiger partial charge is 0.494 e. The van der Waals surface area contributed by atoms with Crippen LogP contribution in [0, 0.1) is 5.82 Å². The Kier molecular flexibility index (Phi) is 3.62. The van der Waals surface area contributed by atoms with Gasteiger partial charge in [-0.05, 0) is 24.3 Å². The van der Waals surface area contributed by atoms with Crippen molar-refractivity contribution in [3.8, 4) is 5.75 Å². The smallest absolute Gasteiger partial charge is 0.165 e. The molecule has 1 aromatic carbocycles. The van der Waals surface area contributed by atoms with Crippen LogP contribution in [-0.4, -0.2) is 19.1 Å². The second-order valence-corrected chi connectivity index (χ2v) is 3.63. The van der Waals surface area contributed by atoms with E-state index in [0.29, 0.717) is 11.5 Å². The van der Waals surface area contributed by atoms with Crippen LogP contribution in [0.4, 0.5) is 21.7 Å². The Balaban J connectivity index is 2.22. The Morgan fingerprint density at radius 3 is 2.67 bits per heavy atom. The molecular formula is C13H14FN3O. The van der Waals surface area contributed by atoms with Crippen molar-refractivity contribution in [3.63, 3.8) is 0 Å². The zero-order valence-electron chi connectivity index (χ0n) is 10.2. The lowest BCUT2D eigenvalue weighted by Gasteiger charge is -2.09. The average molecular weight is 247 g/mol. The van der Waals surface area contributed by atoms with Gasteiger partial charge in [-0.25, -0.2) is 9.37 Å². The predicted octanol–water partition coefficient (Wildman–Crippen LogP) is 3.01. The summed E-state index contributed by atoms with van der Waals surface area (Å²) in [5.74, 6) is 1.24. The number of nitrogens with one attached hydrogen (secondary N) is 2. The summed E-state index contributed by atoms with van der Waals surface area (Å²) >= 11 is 0. The molecule has 0 aliphatic rings. The Labute approximate surface area is 105 Å². The highest BCUT2D eigenvalue weighted by Gasteiger charge is 2.04. The van der Waals surface area contributed by atoms with Crippen molar-refractivity contribution in [3.05, 3.63) is 42.2 Å². The Hall–Kier alpha value is -2.30. The number of aromatic nitrogens is 1. The molecule has 0 bridgehead atoms. The van der Waals surface area contributed by atoms with Crippen molar-refractivity contribution >= 4 is 17.3 Å². The van der Waals surface area contributed by atoms with Gasteiger partial charge < -0.3 is 15.4 Å². The first-order valence-electron chi connectivity index (χ1n) is 5.48. The first kappa shape index (κ1) is 12.2. The van der Waals surface area contributed by atoms with E-state index < -0.39 is 0 Å². The minimum Gasteiger partial charge on any atom is -0.494 e. The van der Waals surface area contributed by atoms with Crippen LogP contribution in [0.2, 0.25) is 0 Å². The van der Waals surface area contributed by atoms with Crippen molar-refractivity contribution in [2.24, 2.45) is 0 Å². The number of ether oxygens (including phenoxy) is 1. The second kappa shape index (κ2) is 5.35. The number of hydrogen-bond donors (Lipinski definition) is 2. The molecule has 0 unspecified atom stereocenters. The molecule has 0 saturated carbocycles. The van der Waals surface area contributed by atoms with Crippen LogP contribution in [0.25, 0.3) is 0 Å². The van der Waals surface area contributed by atoms with Crippen molar-refractivity contribution in [1.82, 2.24) is 4.98 Å². The molecular weight excluding hydrogens is 233 g/mol. The van der Waals surface area contributed by atoms with Crippen LogP contribution < -0.4 is 15.4 Å². The van der Waals surface area contributed by atoms with Crippen molar-refractivity contribution in [2.75, 3.05) is 24.8 Å². The highest BCUT2D eigenvalue weighted by Crippen LogP contribution is 2.23. The van der Waals surface area contributed by atoms with E-state index in [1.54, 1.807) is 19.2 Å². The molecule has 0 aliphatic carbocycles. The third-order valence-electron chi connectivity index (χ3n) is 2.43. The quantitative estimate of drug-likeness (QED) is 0.871. The summed E-state index contributed by atoms with van der Waals surface area (Å²) in [6.45, 7) is 0. The van der Waals surface area contributed by atoms with E-state index in [2.05, 4.69) is 15.6 Å². The molecule has 0 amide bonds. The van der Waals surface area contributed by atoms with Gasteiger partial charge in [0.05, 0.1) is 7.11 Å². The molecule has 18 heavy (non-hydrogen) atoms. The molecule has 94 valence electrons. The third kappa shape index (κ3) is 2.68. The van der Waals surface area contributed by atoms with Gasteiger partial charge in [0.25, 0.3) is 0 Å². The number of methoxy groups -OCH3 is 1. The number of hydrogen-bond acceptors (Lipinski definition) is 4. The maximum atomic E-state index is 13.2. The zero-order valence-corrected chi connectivity index (χ0v) is 10.2. The van der Waals surface area contributed by atoms with Crippen LogP contribution in [-0.2, 0) is 0 Å². The van der Waals surface area contributed by atoms with E-state index in [9.17, 15) is 4.39 Å². The number of benzene rings is 1. The van der Waals surface area contributed by atoms with Gasteiger partial charge in [-0.1, -0.05) is 6.07 Å². The molecule has 2 N–H and O–H groups in total. The lowest BCUT2D eigenvalue weighted by atomic mass is 10.3. The molecule has 0 atom stereocenters. The van der Waals surface area contributed by atoms with E-state index in [0.717, 1.165) is 5.82 Å². The molecule has 0 radical (unpaired) electrons. The Morgan fingerprint density at radius 1 is 1.17 bits per heavy atom. The highest BCUT2D eigenvalue weighted by molar-refractivity contribution is 5.59. The minimum absolute atomic E-state index is 0.199. The second-order valence-electron chi connectivity index (χ2n) is 3.63. The van der Waals surface area contributed by atoms with Gasteiger partial charge in [0.1, 0.15) is 11.6 Å². The van der Waals surface area contributed by atoms with Crippen LogP contribution in [0.5, 0.6) is 5.75 Å². The summed E-state index contributed by atoms with van der Waals surface area (Å²) in [7, 11) is 3.23. The van der Waals surface area contributed by atoms with E-state index in [1.807, 2.05) is 18.2 Å². The number of nitrogens with zero attached hydrogens (tertiary/aromatic N) is 1. The maximum absolute atomic E-state index is 13.2. The number of halogens is 1. The number of anilines is 3. The first-order chi connectivity index (χ1) is 8.72. The van der Waals surface area contributed by atoms with Gasteiger partial charge in [0.15, 0.2) is 11.6 Å². The van der Waals surface area contributed by atoms with E-state index in [1.165, 1.54) is 13.2 Å². The summed E-state index contributed by atoms with van der Waals surface area (Å²) in [6.07, 6.45) is 0. The van der Waals surface area contributed by atoms with Gasteiger partial charge in [-0.3, -0.25) is 0 Å². The fraction of sp³-hybridized carbons (Fsp3) is 0.154.